The minimum absolute atomic E-state index is 0.0214. The Morgan fingerprint density at radius 1 is 1.10 bits per heavy atom. The highest BCUT2D eigenvalue weighted by molar-refractivity contribution is 8.02. The molecule has 0 radical (unpaired) electrons. The summed E-state index contributed by atoms with van der Waals surface area (Å²) in [5.41, 5.74) is 2.16. The molecule has 3 aromatic rings. The molecule has 6 nitrogen and oxygen atoms in total. The fraction of sp³-hybridized carbons (Fsp3) is 0.200. The molecule has 0 saturated carbocycles. The van der Waals surface area contributed by atoms with Crippen LogP contribution in [0.2, 0.25) is 0 Å². The minimum Gasteiger partial charge on any atom is -0.356 e. The summed E-state index contributed by atoms with van der Waals surface area (Å²) >= 11 is 2.66. The highest BCUT2D eigenvalue weighted by Gasteiger charge is 2.17. The molecule has 0 aliphatic rings. The van der Waals surface area contributed by atoms with E-state index in [1.165, 1.54) is 42.2 Å². The topological polar surface area (TPSA) is 84.0 Å². The Balaban J connectivity index is 1.50. The molecule has 9 heteroatoms. The highest BCUT2D eigenvalue weighted by Crippen LogP contribution is 2.29. The fourth-order valence-corrected chi connectivity index (χ4v) is 4.24. The maximum absolute atomic E-state index is 12.9. The van der Waals surface area contributed by atoms with Gasteiger partial charge in [0.25, 0.3) is 0 Å². The van der Waals surface area contributed by atoms with Gasteiger partial charge in [0.05, 0.1) is 5.25 Å². The number of carbonyl (C=O) groups excluding carboxylic acids is 2. The average Bonchev–Trinajstić information content (AvgIpc) is 3.15. The van der Waals surface area contributed by atoms with Crippen molar-refractivity contribution in [2.24, 2.45) is 0 Å². The third kappa shape index (κ3) is 6.10. The van der Waals surface area contributed by atoms with E-state index in [-0.39, 0.29) is 22.8 Å². The zero-order valence-corrected chi connectivity index (χ0v) is 17.4. The zero-order valence-electron chi connectivity index (χ0n) is 15.8. The summed E-state index contributed by atoms with van der Waals surface area (Å²) in [5, 5.41) is 14.4. The van der Waals surface area contributed by atoms with E-state index in [1.54, 1.807) is 43.3 Å². The van der Waals surface area contributed by atoms with E-state index in [2.05, 4.69) is 20.8 Å². The smallest absolute Gasteiger partial charge is 0.237 e. The molecule has 0 fully saturated rings. The van der Waals surface area contributed by atoms with E-state index >= 15 is 0 Å². The fourth-order valence-electron chi connectivity index (χ4n) is 2.35. The Labute approximate surface area is 175 Å². The van der Waals surface area contributed by atoms with Crippen molar-refractivity contribution in [1.82, 2.24) is 10.2 Å². The Morgan fingerprint density at radius 3 is 2.45 bits per heavy atom. The molecule has 0 saturated heterocycles. The van der Waals surface area contributed by atoms with Gasteiger partial charge in [-0.25, -0.2) is 4.39 Å². The summed E-state index contributed by atoms with van der Waals surface area (Å²) in [5.74, 6) is -0.459. The van der Waals surface area contributed by atoms with Crippen molar-refractivity contribution in [2.45, 2.75) is 30.0 Å². The van der Waals surface area contributed by atoms with Gasteiger partial charge in [-0.3, -0.25) is 9.59 Å². The number of hydrogen-bond acceptors (Lipinski definition) is 7. The van der Waals surface area contributed by atoms with Crippen LogP contribution in [0.15, 0.2) is 52.9 Å². The summed E-state index contributed by atoms with van der Waals surface area (Å²) in [4.78, 5) is 23.7. The molecule has 1 atom stereocenters. The lowest BCUT2D eigenvalue weighted by atomic mass is 10.1. The Morgan fingerprint density at radius 2 is 1.79 bits per heavy atom. The number of anilines is 2. The second kappa shape index (κ2) is 9.62. The molecule has 1 heterocycles. The first kappa shape index (κ1) is 20.9. The summed E-state index contributed by atoms with van der Waals surface area (Å²) < 4.78 is 13.6. The number of carbonyl (C=O) groups is 2. The molecule has 0 spiro atoms. The lowest BCUT2D eigenvalue weighted by molar-refractivity contribution is -0.115. The first-order valence-corrected chi connectivity index (χ1v) is 10.5. The number of nitrogens with one attached hydrogen (secondary N) is 2. The van der Waals surface area contributed by atoms with Crippen LogP contribution in [0.5, 0.6) is 0 Å². The Bertz CT molecular complexity index is 990. The quantitative estimate of drug-likeness (QED) is 0.401. The molecule has 1 amide bonds. The van der Waals surface area contributed by atoms with Gasteiger partial charge in [0.1, 0.15) is 5.82 Å². The van der Waals surface area contributed by atoms with Gasteiger partial charge in [0.15, 0.2) is 10.1 Å². The number of halogens is 1. The van der Waals surface area contributed by atoms with Crippen LogP contribution in [0.1, 0.15) is 29.8 Å². The summed E-state index contributed by atoms with van der Waals surface area (Å²) in [6.45, 7) is 3.79. The predicted octanol–water partition coefficient (Wildman–Crippen LogP) is 4.61. The number of thioether (sulfide) groups is 1. The van der Waals surface area contributed by atoms with Crippen molar-refractivity contribution >= 4 is 45.6 Å². The van der Waals surface area contributed by atoms with Crippen molar-refractivity contribution < 1.29 is 14.0 Å². The van der Waals surface area contributed by atoms with Crippen molar-refractivity contribution in [3.05, 3.63) is 65.5 Å². The zero-order chi connectivity index (χ0) is 20.8. The van der Waals surface area contributed by atoms with Crippen LogP contribution >= 0.6 is 23.1 Å². The monoisotopic (exact) mass is 430 g/mol. The van der Waals surface area contributed by atoms with Gasteiger partial charge in [0.2, 0.25) is 11.0 Å². The van der Waals surface area contributed by atoms with E-state index in [0.29, 0.717) is 27.3 Å². The lowest BCUT2D eigenvalue weighted by Crippen LogP contribution is -2.22. The SMILES string of the molecule is CC(=O)c1ccc(NC(=O)C(C)Sc2nnc(NCc3ccc(F)cc3)s2)cc1. The van der Waals surface area contributed by atoms with E-state index in [4.69, 9.17) is 0 Å². The van der Waals surface area contributed by atoms with Crippen LogP contribution in [-0.2, 0) is 11.3 Å². The molecule has 150 valence electrons. The van der Waals surface area contributed by atoms with E-state index in [9.17, 15) is 14.0 Å². The standard InChI is InChI=1S/C20H19FN4O2S2/c1-12(26)15-5-9-17(10-6-15)23-18(27)13(2)28-20-25-24-19(29-20)22-11-14-3-7-16(21)8-4-14/h3-10,13H,11H2,1-2H3,(H,22,24)(H,23,27). The highest BCUT2D eigenvalue weighted by atomic mass is 32.2. The molecule has 2 aromatic carbocycles. The van der Waals surface area contributed by atoms with Crippen molar-refractivity contribution in [3.63, 3.8) is 0 Å². The van der Waals surface area contributed by atoms with Crippen LogP contribution in [0.4, 0.5) is 15.2 Å². The lowest BCUT2D eigenvalue weighted by Gasteiger charge is -2.10. The number of benzene rings is 2. The number of Topliss-reactive ketones (excluding diaryl/α,β-unsaturated/α-hetero) is 1. The summed E-state index contributed by atoms with van der Waals surface area (Å²) in [6.07, 6.45) is 0. The molecular formula is C20H19FN4O2S2. The molecule has 1 unspecified atom stereocenters. The molecule has 2 N–H and O–H groups in total. The van der Waals surface area contributed by atoms with Crippen LogP contribution in [-0.4, -0.2) is 27.1 Å². The van der Waals surface area contributed by atoms with Crippen molar-refractivity contribution in [3.8, 4) is 0 Å². The molecular weight excluding hydrogens is 411 g/mol. The van der Waals surface area contributed by atoms with Gasteiger partial charge in [0, 0.05) is 17.8 Å². The van der Waals surface area contributed by atoms with Gasteiger partial charge in [-0.15, -0.1) is 10.2 Å². The molecule has 29 heavy (non-hydrogen) atoms. The summed E-state index contributed by atoms with van der Waals surface area (Å²) in [6, 6.07) is 13.0. The minimum atomic E-state index is -0.375. The van der Waals surface area contributed by atoms with Gasteiger partial charge >= 0.3 is 0 Å². The Hall–Kier alpha value is -2.78. The number of rotatable bonds is 8. The summed E-state index contributed by atoms with van der Waals surface area (Å²) in [7, 11) is 0. The van der Waals surface area contributed by atoms with Crippen molar-refractivity contribution in [1.29, 1.82) is 0 Å². The molecule has 0 aliphatic carbocycles. The van der Waals surface area contributed by atoms with E-state index < -0.39 is 0 Å². The van der Waals surface area contributed by atoms with Gasteiger partial charge in [-0.05, 0) is 55.8 Å². The molecule has 3 rings (SSSR count). The number of hydrogen-bond donors (Lipinski definition) is 2. The van der Waals surface area contributed by atoms with Gasteiger partial charge in [-0.2, -0.15) is 0 Å². The van der Waals surface area contributed by atoms with Gasteiger partial charge < -0.3 is 10.6 Å². The van der Waals surface area contributed by atoms with Crippen LogP contribution in [0.3, 0.4) is 0 Å². The maximum Gasteiger partial charge on any atom is 0.237 e. The normalized spacial score (nSPS) is 11.7. The largest absolute Gasteiger partial charge is 0.356 e. The third-order valence-corrected chi connectivity index (χ3v) is 6.03. The number of nitrogens with zero attached hydrogens (tertiary/aromatic N) is 2. The van der Waals surface area contributed by atoms with E-state index in [0.717, 1.165) is 5.56 Å². The van der Waals surface area contributed by atoms with E-state index in [1.807, 2.05) is 0 Å². The molecule has 1 aromatic heterocycles. The molecule has 0 aliphatic heterocycles. The second-order valence-corrected chi connectivity index (χ2v) is 8.80. The van der Waals surface area contributed by atoms with Gasteiger partial charge in [-0.1, -0.05) is 35.2 Å². The number of aromatic nitrogens is 2. The van der Waals surface area contributed by atoms with Crippen LogP contribution in [0.25, 0.3) is 0 Å². The first-order valence-electron chi connectivity index (χ1n) is 8.81. The third-order valence-electron chi connectivity index (χ3n) is 3.97. The number of ketones is 1. The second-order valence-electron chi connectivity index (χ2n) is 6.24. The maximum atomic E-state index is 12.9. The predicted molar refractivity (Wildman–Crippen MR) is 114 cm³/mol. The first-order chi connectivity index (χ1) is 13.9. The number of amides is 1. The van der Waals surface area contributed by atoms with Crippen molar-refractivity contribution in [2.75, 3.05) is 10.6 Å². The van der Waals surface area contributed by atoms with Crippen LogP contribution < -0.4 is 10.6 Å². The average molecular weight is 431 g/mol. The Kier molecular flexibility index (Phi) is 6.95. The molecule has 0 bridgehead atoms. The van der Waals surface area contributed by atoms with Crippen LogP contribution in [0, 0.1) is 5.82 Å².